The average molecular weight is 438 g/mol. The van der Waals surface area contributed by atoms with Crippen LogP contribution in [0.4, 0.5) is 0 Å². The molecule has 0 fully saturated rings. The Kier molecular flexibility index (Phi) is 5.54. The first-order valence-corrected chi connectivity index (χ1v) is 10.0. The van der Waals surface area contributed by atoms with Gasteiger partial charge in [0, 0.05) is 5.56 Å². The van der Waals surface area contributed by atoms with Crippen molar-refractivity contribution < 1.29 is 23.6 Å². The van der Waals surface area contributed by atoms with Crippen LogP contribution >= 0.6 is 11.3 Å². The van der Waals surface area contributed by atoms with Crippen LogP contribution in [0.15, 0.2) is 46.3 Å². The molecule has 0 unspecified atom stereocenters. The standard InChI is InChI=1S/C21H18N4O5S/c1-11-18-13(10-14(17-5-4-8-31-17)22-21(18)30-25-11)20(27)24-23-19(26)12-6-7-15(28-2)16(9-12)29-3/h4-10H,1-3H3,(H,23,26)(H,24,27). The lowest BCUT2D eigenvalue weighted by molar-refractivity contribution is 0.0847. The van der Waals surface area contributed by atoms with E-state index in [-0.39, 0.29) is 5.71 Å². The number of amides is 2. The molecule has 2 amide bonds. The Morgan fingerprint density at radius 1 is 1.03 bits per heavy atom. The van der Waals surface area contributed by atoms with Crippen LogP contribution in [0.25, 0.3) is 21.7 Å². The predicted molar refractivity (Wildman–Crippen MR) is 114 cm³/mol. The fourth-order valence-corrected chi connectivity index (χ4v) is 3.74. The third kappa shape index (κ3) is 3.92. The van der Waals surface area contributed by atoms with Crippen LogP contribution in [0.1, 0.15) is 26.4 Å². The maximum absolute atomic E-state index is 12.9. The number of fused-ring (bicyclic) bond motifs is 1. The number of nitrogens with zero attached hydrogens (tertiary/aromatic N) is 2. The summed E-state index contributed by atoms with van der Waals surface area (Å²) in [5.74, 6) is -0.144. The van der Waals surface area contributed by atoms with Crippen LogP contribution in [0.5, 0.6) is 11.5 Å². The minimum atomic E-state index is -0.523. The Morgan fingerprint density at radius 2 is 1.81 bits per heavy atom. The summed E-state index contributed by atoms with van der Waals surface area (Å²) in [5, 5.41) is 6.31. The molecule has 10 heteroatoms. The van der Waals surface area contributed by atoms with Gasteiger partial charge in [-0.2, -0.15) is 0 Å². The first kappa shape index (κ1) is 20.4. The van der Waals surface area contributed by atoms with E-state index in [9.17, 15) is 9.59 Å². The minimum Gasteiger partial charge on any atom is -0.493 e. The molecule has 0 aliphatic rings. The molecule has 4 rings (SSSR count). The molecule has 1 aromatic carbocycles. The van der Waals surface area contributed by atoms with Crippen LogP contribution < -0.4 is 20.3 Å². The zero-order chi connectivity index (χ0) is 22.0. The first-order valence-electron chi connectivity index (χ1n) is 9.15. The fraction of sp³-hybridized carbons (Fsp3) is 0.143. The van der Waals surface area contributed by atoms with Crippen LogP contribution in [0.2, 0.25) is 0 Å². The molecule has 0 radical (unpaired) electrons. The van der Waals surface area contributed by atoms with Gasteiger partial charge in [0.1, 0.15) is 0 Å². The summed E-state index contributed by atoms with van der Waals surface area (Å²) in [6.45, 7) is 1.72. The highest BCUT2D eigenvalue weighted by Gasteiger charge is 2.20. The number of methoxy groups -OCH3 is 2. The Morgan fingerprint density at radius 3 is 2.52 bits per heavy atom. The number of hydrogen-bond donors (Lipinski definition) is 2. The number of hydrogen-bond acceptors (Lipinski definition) is 8. The van der Waals surface area contributed by atoms with Crippen molar-refractivity contribution in [2.45, 2.75) is 6.92 Å². The number of carbonyl (C=O) groups is 2. The van der Waals surface area contributed by atoms with Crippen LogP contribution in [0.3, 0.4) is 0 Å². The number of pyridine rings is 1. The number of carbonyl (C=O) groups excluding carboxylic acids is 2. The van der Waals surface area contributed by atoms with E-state index in [0.717, 1.165) is 4.88 Å². The van der Waals surface area contributed by atoms with E-state index in [1.807, 2.05) is 17.5 Å². The molecule has 158 valence electrons. The molecular weight excluding hydrogens is 420 g/mol. The number of nitrogens with one attached hydrogen (secondary N) is 2. The topological polar surface area (TPSA) is 116 Å². The van der Waals surface area contributed by atoms with E-state index in [4.69, 9.17) is 14.0 Å². The van der Waals surface area contributed by atoms with Gasteiger partial charge in [-0.3, -0.25) is 20.4 Å². The molecule has 0 bridgehead atoms. The number of ether oxygens (including phenoxy) is 2. The van der Waals surface area contributed by atoms with E-state index in [1.54, 1.807) is 25.1 Å². The summed E-state index contributed by atoms with van der Waals surface area (Å²) < 4.78 is 15.6. The molecule has 0 spiro atoms. The van der Waals surface area contributed by atoms with Crippen molar-refractivity contribution in [1.29, 1.82) is 0 Å². The molecule has 9 nitrogen and oxygen atoms in total. The van der Waals surface area contributed by atoms with Crippen molar-refractivity contribution in [2.24, 2.45) is 0 Å². The van der Waals surface area contributed by atoms with Gasteiger partial charge in [0.15, 0.2) is 11.5 Å². The fourth-order valence-electron chi connectivity index (χ4n) is 3.05. The smallest absolute Gasteiger partial charge is 0.270 e. The Balaban J connectivity index is 1.59. The van der Waals surface area contributed by atoms with Gasteiger partial charge in [0.2, 0.25) is 0 Å². The van der Waals surface area contributed by atoms with Crippen LogP contribution in [-0.4, -0.2) is 36.2 Å². The summed E-state index contributed by atoms with van der Waals surface area (Å²) in [4.78, 5) is 30.8. The second-order valence-corrected chi connectivity index (χ2v) is 7.41. The Bertz CT molecular complexity index is 1270. The van der Waals surface area contributed by atoms with Crippen molar-refractivity contribution in [1.82, 2.24) is 21.0 Å². The summed E-state index contributed by atoms with van der Waals surface area (Å²) >= 11 is 1.49. The Labute approximate surface area is 180 Å². The average Bonchev–Trinajstić information content (AvgIpc) is 3.46. The zero-order valence-electron chi connectivity index (χ0n) is 16.9. The number of aryl methyl sites for hydroxylation is 1. The molecule has 4 aromatic rings. The molecule has 0 atom stereocenters. The SMILES string of the molecule is COc1ccc(C(=O)NNC(=O)c2cc(-c3cccs3)nc3onc(C)c23)cc1OC. The summed E-state index contributed by atoms with van der Waals surface area (Å²) in [7, 11) is 2.98. The van der Waals surface area contributed by atoms with Crippen molar-refractivity contribution in [3.05, 3.63) is 58.6 Å². The number of benzene rings is 1. The third-order valence-corrected chi connectivity index (χ3v) is 5.46. The monoisotopic (exact) mass is 438 g/mol. The molecule has 3 aromatic heterocycles. The highest BCUT2D eigenvalue weighted by atomic mass is 32.1. The molecule has 3 heterocycles. The molecular formula is C21H18N4O5S. The quantitative estimate of drug-likeness (QED) is 0.459. The third-order valence-electron chi connectivity index (χ3n) is 4.57. The Hall–Kier alpha value is -3.92. The van der Waals surface area contributed by atoms with Gasteiger partial charge < -0.3 is 14.0 Å². The van der Waals surface area contributed by atoms with Crippen molar-refractivity contribution >= 4 is 34.3 Å². The highest BCUT2D eigenvalue weighted by molar-refractivity contribution is 7.13. The molecule has 2 N–H and O–H groups in total. The summed E-state index contributed by atoms with van der Waals surface area (Å²) in [6, 6.07) is 10.1. The molecule has 0 saturated heterocycles. The van der Waals surface area contributed by atoms with Gasteiger partial charge in [-0.15, -0.1) is 11.3 Å². The van der Waals surface area contributed by atoms with Gasteiger partial charge in [0.25, 0.3) is 17.5 Å². The van der Waals surface area contributed by atoms with Gasteiger partial charge in [0.05, 0.1) is 41.4 Å². The predicted octanol–water partition coefficient (Wildman–Crippen LogP) is 3.35. The first-order chi connectivity index (χ1) is 15.0. The van der Waals surface area contributed by atoms with Crippen molar-refractivity contribution in [3.8, 4) is 22.1 Å². The second kappa shape index (κ2) is 8.44. The van der Waals surface area contributed by atoms with Gasteiger partial charge in [-0.25, -0.2) is 4.98 Å². The lowest BCUT2D eigenvalue weighted by Crippen LogP contribution is -2.41. The lowest BCUT2D eigenvalue weighted by atomic mass is 10.1. The van der Waals surface area contributed by atoms with Crippen molar-refractivity contribution in [3.63, 3.8) is 0 Å². The minimum absolute atomic E-state index is 0.250. The maximum atomic E-state index is 12.9. The number of rotatable bonds is 5. The van der Waals surface area contributed by atoms with E-state index in [0.29, 0.717) is 39.4 Å². The number of hydrazine groups is 1. The van der Waals surface area contributed by atoms with E-state index < -0.39 is 11.8 Å². The molecule has 31 heavy (non-hydrogen) atoms. The van der Waals surface area contributed by atoms with Crippen LogP contribution in [0, 0.1) is 6.92 Å². The zero-order valence-corrected chi connectivity index (χ0v) is 17.7. The van der Waals surface area contributed by atoms with E-state index in [1.165, 1.54) is 31.6 Å². The highest BCUT2D eigenvalue weighted by Crippen LogP contribution is 2.29. The van der Waals surface area contributed by atoms with Crippen LogP contribution in [-0.2, 0) is 0 Å². The molecule has 0 aliphatic heterocycles. The summed E-state index contributed by atoms with van der Waals surface area (Å²) in [5.41, 5.74) is 6.79. The van der Waals surface area contributed by atoms with Gasteiger partial charge in [-0.05, 0) is 42.6 Å². The summed E-state index contributed by atoms with van der Waals surface area (Å²) in [6.07, 6.45) is 0. The van der Waals surface area contributed by atoms with Crippen molar-refractivity contribution in [2.75, 3.05) is 14.2 Å². The lowest BCUT2D eigenvalue weighted by Gasteiger charge is -2.11. The number of aromatic nitrogens is 2. The number of thiophene rings is 1. The molecule has 0 aliphatic carbocycles. The normalized spacial score (nSPS) is 10.7. The largest absolute Gasteiger partial charge is 0.493 e. The molecule has 0 saturated carbocycles. The van der Waals surface area contributed by atoms with E-state index >= 15 is 0 Å². The maximum Gasteiger partial charge on any atom is 0.270 e. The second-order valence-electron chi connectivity index (χ2n) is 6.46. The van der Waals surface area contributed by atoms with E-state index in [2.05, 4.69) is 21.0 Å². The van der Waals surface area contributed by atoms with Gasteiger partial charge in [-0.1, -0.05) is 11.2 Å². The van der Waals surface area contributed by atoms with Gasteiger partial charge >= 0.3 is 0 Å².